The van der Waals surface area contributed by atoms with Gasteiger partial charge in [-0.3, -0.25) is 14.3 Å². The Morgan fingerprint density at radius 3 is 2.68 bits per heavy atom. The first-order valence-corrected chi connectivity index (χ1v) is 6.54. The minimum Gasteiger partial charge on any atom is -0.481 e. The van der Waals surface area contributed by atoms with E-state index in [0.717, 1.165) is 25.0 Å². The van der Waals surface area contributed by atoms with Crippen LogP contribution in [0.2, 0.25) is 0 Å². The highest BCUT2D eigenvalue weighted by Gasteiger charge is 2.40. The number of nitrogens with one attached hydrogen (secondary N) is 1. The Labute approximate surface area is 111 Å². The number of carboxylic acids is 1. The van der Waals surface area contributed by atoms with E-state index >= 15 is 0 Å². The van der Waals surface area contributed by atoms with E-state index in [-0.39, 0.29) is 12.3 Å². The average molecular weight is 265 g/mol. The lowest BCUT2D eigenvalue weighted by Crippen LogP contribution is -2.55. The number of rotatable bonds is 5. The molecule has 104 valence electrons. The van der Waals surface area contributed by atoms with Crippen LogP contribution >= 0.6 is 0 Å². The molecule has 0 radical (unpaired) electrons. The molecule has 0 aromatic carbocycles. The van der Waals surface area contributed by atoms with Gasteiger partial charge in [0, 0.05) is 6.54 Å². The SMILES string of the molecule is CCn1nc(C)cc1C(=O)NC1(CC(=O)O)CCC1. The van der Waals surface area contributed by atoms with Gasteiger partial charge in [0.15, 0.2) is 0 Å². The number of aromatic nitrogens is 2. The summed E-state index contributed by atoms with van der Waals surface area (Å²) in [7, 11) is 0. The molecule has 0 unspecified atom stereocenters. The fraction of sp³-hybridized carbons (Fsp3) is 0.615. The van der Waals surface area contributed by atoms with Crippen LogP contribution in [0.15, 0.2) is 6.07 Å². The standard InChI is InChI=1S/C13H19N3O3/c1-3-16-10(7-9(2)15-16)12(19)14-13(5-4-6-13)8-11(17)18/h7H,3-6,8H2,1-2H3,(H,14,19)(H,17,18). The van der Waals surface area contributed by atoms with Gasteiger partial charge in [0.2, 0.25) is 0 Å². The number of aliphatic carboxylic acids is 1. The Hall–Kier alpha value is -1.85. The molecule has 2 rings (SSSR count). The molecular formula is C13H19N3O3. The summed E-state index contributed by atoms with van der Waals surface area (Å²) in [5.74, 6) is -1.11. The largest absolute Gasteiger partial charge is 0.481 e. The summed E-state index contributed by atoms with van der Waals surface area (Å²) in [6, 6.07) is 1.73. The second kappa shape index (κ2) is 5.03. The molecule has 0 bridgehead atoms. The highest BCUT2D eigenvalue weighted by Crippen LogP contribution is 2.35. The third kappa shape index (κ3) is 2.77. The van der Waals surface area contributed by atoms with E-state index in [1.807, 2.05) is 13.8 Å². The van der Waals surface area contributed by atoms with Gasteiger partial charge in [-0.25, -0.2) is 0 Å². The minimum atomic E-state index is -0.875. The maximum atomic E-state index is 12.3. The van der Waals surface area contributed by atoms with Crippen molar-refractivity contribution in [3.8, 4) is 0 Å². The predicted molar refractivity (Wildman–Crippen MR) is 68.9 cm³/mol. The van der Waals surface area contributed by atoms with Gasteiger partial charge < -0.3 is 10.4 Å². The summed E-state index contributed by atoms with van der Waals surface area (Å²) < 4.78 is 1.64. The molecule has 6 nitrogen and oxygen atoms in total. The third-order valence-electron chi connectivity index (χ3n) is 3.61. The lowest BCUT2D eigenvalue weighted by atomic mass is 9.74. The van der Waals surface area contributed by atoms with Crippen molar-refractivity contribution in [2.24, 2.45) is 0 Å². The van der Waals surface area contributed by atoms with Crippen LogP contribution in [-0.4, -0.2) is 32.3 Å². The van der Waals surface area contributed by atoms with E-state index in [1.165, 1.54) is 0 Å². The molecule has 1 aliphatic carbocycles. The van der Waals surface area contributed by atoms with Gasteiger partial charge >= 0.3 is 5.97 Å². The van der Waals surface area contributed by atoms with E-state index in [0.29, 0.717) is 12.2 Å². The summed E-state index contributed by atoms with van der Waals surface area (Å²) >= 11 is 0. The van der Waals surface area contributed by atoms with Gasteiger partial charge in [-0.2, -0.15) is 5.10 Å². The van der Waals surface area contributed by atoms with E-state index in [2.05, 4.69) is 10.4 Å². The smallest absolute Gasteiger partial charge is 0.305 e. The predicted octanol–water partition coefficient (Wildman–Crippen LogP) is 1.34. The number of amides is 1. The van der Waals surface area contributed by atoms with Crippen molar-refractivity contribution in [3.05, 3.63) is 17.5 Å². The Bertz CT molecular complexity index is 503. The van der Waals surface area contributed by atoms with Crippen molar-refractivity contribution in [2.75, 3.05) is 0 Å². The molecule has 1 aliphatic rings. The molecule has 1 saturated carbocycles. The molecular weight excluding hydrogens is 246 g/mol. The van der Waals surface area contributed by atoms with Crippen molar-refractivity contribution >= 4 is 11.9 Å². The van der Waals surface area contributed by atoms with Crippen LogP contribution < -0.4 is 5.32 Å². The van der Waals surface area contributed by atoms with Crippen LogP contribution in [0.3, 0.4) is 0 Å². The second-order valence-electron chi connectivity index (χ2n) is 5.15. The van der Waals surface area contributed by atoms with Gasteiger partial charge in [-0.15, -0.1) is 0 Å². The number of hydrogen-bond acceptors (Lipinski definition) is 3. The molecule has 1 heterocycles. The second-order valence-corrected chi connectivity index (χ2v) is 5.15. The van der Waals surface area contributed by atoms with Crippen molar-refractivity contribution in [3.63, 3.8) is 0 Å². The van der Waals surface area contributed by atoms with Crippen LogP contribution in [0.5, 0.6) is 0 Å². The van der Waals surface area contributed by atoms with Crippen molar-refractivity contribution in [1.82, 2.24) is 15.1 Å². The van der Waals surface area contributed by atoms with Gasteiger partial charge in [0.1, 0.15) is 5.69 Å². The molecule has 0 saturated heterocycles. The Kier molecular flexibility index (Phi) is 3.59. The number of hydrogen-bond donors (Lipinski definition) is 2. The summed E-state index contributed by atoms with van der Waals surface area (Å²) in [5, 5.41) is 16.0. The van der Waals surface area contributed by atoms with E-state index in [9.17, 15) is 9.59 Å². The quantitative estimate of drug-likeness (QED) is 0.841. The van der Waals surface area contributed by atoms with Crippen LogP contribution in [-0.2, 0) is 11.3 Å². The molecule has 0 atom stereocenters. The topological polar surface area (TPSA) is 84.2 Å². The zero-order valence-corrected chi connectivity index (χ0v) is 11.3. The Balaban J connectivity index is 2.13. The van der Waals surface area contributed by atoms with E-state index in [4.69, 9.17) is 5.11 Å². The number of carboxylic acid groups (broad SMARTS) is 1. The first kappa shape index (κ1) is 13.6. The first-order chi connectivity index (χ1) is 8.96. The van der Waals surface area contributed by atoms with Crippen molar-refractivity contribution < 1.29 is 14.7 Å². The zero-order valence-electron chi connectivity index (χ0n) is 11.3. The first-order valence-electron chi connectivity index (χ1n) is 6.54. The van der Waals surface area contributed by atoms with Crippen molar-refractivity contribution in [2.45, 2.75) is 51.6 Å². The summed E-state index contributed by atoms with van der Waals surface area (Å²) in [4.78, 5) is 23.1. The molecule has 19 heavy (non-hydrogen) atoms. The maximum Gasteiger partial charge on any atom is 0.305 e. The van der Waals surface area contributed by atoms with Gasteiger partial charge in [-0.1, -0.05) is 0 Å². The molecule has 0 spiro atoms. The van der Waals surface area contributed by atoms with Gasteiger partial charge in [-0.05, 0) is 39.2 Å². The fourth-order valence-electron chi connectivity index (χ4n) is 2.51. The normalized spacial score (nSPS) is 16.7. The molecule has 1 aromatic rings. The van der Waals surface area contributed by atoms with Crippen LogP contribution in [0.4, 0.5) is 0 Å². The number of carbonyl (C=O) groups excluding carboxylic acids is 1. The van der Waals surface area contributed by atoms with Crippen LogP contribution in [0, 0.1) is 6.92 Å². The van der Waals surface area contributed by atoms with Gasteiger partial charge in [0.25, 0.3) is 5.91 Å². The van der Waals surface area contributed by atoms with Gasteiger partial charge in [0.05, 0.1) is 17.7 Å². The summed E-state index contributed by atoms with van der Waals surface area (Å²) in [5.41, 5.74) is 0.712. The van der Waals surface area contributed by atoms with E-state index < -0.39 is 11.5 Å². The monoisotopic (exact) mass is 265 g/mol. The highest BCUT2D eigenvalue weighted by atomic mass is 16.4. The Morgan fingerprint density at radius 1 is 1.53 bits per heavy atom. The minimum absolute atomic E-state index is 0.0159. The number of nitrogens with zero attached hydrogens (tertiary/aromatic N) is 2. The fourth-order valence-corrected chi connectivity index (χ4v) is 2.51. The highest BCUT2D eigenvalue weighted by molar-refractivity contribution is 5.93. The molecule has 0 aliphatic heterocycles. The Morgan fingerprint density at radius 2 is 2.21 bits per heavy atom. The molecule has 1 fully saturated rings. The number of carbonyl (C=O) groups is 2. The summed E-state index contributed by atoms with van der Waals surface area (Å²) in [6.45, 7) is 4.36. The lowest BCUT2D eigenvalue weighted by Gasteiger charge is -2.41. The molecule has 6 heteroatoms. The zero-order chi connectivity index (χ0) is 14.0. The average Bonchev–Trinajstić information content (AvgIpc) is 2.67. The third-order valence-corrected chi connectivity index (χ3v) is 3.61. The lowest BCUT2D eigenvalue weighted by molar-refractivity contribution is -0.139. The van der Waals surface area contributed by atoms with Crippen LogP contribution in [0.25, 0.3) is 0 Å². The van der Waals surface area contributed by atoms with Crippen molar-refractivity contribution in [1.29, 1.82) is 0 Å². The maximum absolute atomic E-state index is 12.3. The molecule has 1 amide bonds. The van der Waals surface area contributed by atoms with E-state index in [1.54, 1.807) is 10.7 Å². The van der Waals surface area contributed by atoms with Crippen LogP contribution in [0.1, 0.15) is 48.8 Å². The molecule has 2 N–H and O–H groups in total. The number of aryl methyl sites for hydroxylation is 2. The molecule has 1 aromatic heterocycles. The summed E-state index contributed by atoms with van der Waals surface area (Å²) in [6.07, 6.45) is 2.40.